The Labute approximate surface area is 186 Å². The first kappa shape index (κ1) is 24.1. The number of piperidine rings is 2. The number of nitrogens with zero attached hydrogens (tertiary/aromatic N) is 4. The average molecular weight is 466 g/mol. The number of halogens is 4. The maximum absolute atomic E-state index is 12.8. The van der Waals surface area contributed by atoms with Crippen molar-refractivity contribution in [3.63, 3.8) is 0 Å². The number of hydrogen-bond donors (Lipinski definition) is 1. The lowest BCUT2D eigenvalue weighted by Crippen LogP contribution is -2.53. The number of carbonyl (C=O) groups excluding carboxylic acids is 1. The molecule has 3 fully saturated rings. The first-order valence-corrected chi connectivity index (χ1v) is 10.8. The third-order valence-electron chi connectivity index (χ3n) is 6.51. The highest BCUT2D eigenvalue weighted by Crippen LogP contribution is 2.41. The summed E-state index contributed by atoms with van der Waals surface area (Å²) in [5.74, 6) is -1.03. The molecule has 2 bridgehead atoms. The summed E-state index contributed by atoms with van der Waals surface area (Å²) >= 11 is 0. The second-order valence-electron chi connectivity index (χ2n) is 9.87. The van der Waals surface area contributed by atoms with Crippen LogP contribution >= 0.6 is 12.4 Å². The number of anilines is 1. The summed E-state index contributed by atoms with van der Waals surface area (Å²) in [7, 11) is 0. The van der Waals surface area contributed by atoms with Crippen LogP contribution in [0, 0.1) is 5.92 Å². The van der Waals surface area contributed by atoms with E-state index >= 15 is 0 Å². The molecule has 1 aromatic rings. The summed E-state index contributed by atoms with van der Waals surface area (Å²) in [4.78, 5) is 20.4. The summed E-state index contributed by atoms with van der Waals surface area (Å²) in [5, 5.41) is 6.19. The molecule has 1 N–H and O–H groups in total. The molecule has 1 aromatic heterocycles. The van der Waals surface area contributed by atoms with Gasteiger partial charge in [0, 0.05) is 29.6 Å². The molecule has 0 aliphatic carbocycles. The van der Waals surface area contributed by atoms with Crippen LogP contribution in [0.25, 0.3) is 0 Å². The third-order valence-corrected chi connectivity index (χ3v) is 6.51. The van der Waals surface area contributed by atoms with Crippen LogP contribution in [0.15, 0.2) is 4.52 Å². The normalized spacial score (nSPS) is 27.8. The summed E-state index contributed by atoms with van der Waals surface area (Å²) in [6.45, 7) is 7.73. The fourth-order valence-electron chi connectivity index (χ4n) is 5.19. The lowest BCUT2D eigenvalue weighted by Gasteiger charge is -2.44. The predicted octanol–water partition coefficient (Wildman–Crippen LogP) is 3.64. The molecule has 1 amide bonds. The number of amides is 1. The van der Waals surface area contributed by atoms with E-state index in [0.29, 0.717) is 6.04 Å². The van der Waals surface area contributed by atoms with E-state index in [1.54, 1.807) is 0 Å². The van der Waals surface area contributed by atoms with Crippen LogP contribution in [0.4, 0.5) is 19.2 Å². The van der Waals surface area contributed by atoms with Gasteiger partial charge in [-0.25, -0.2) is 0 Å². The minimum Gasteiger partial charge on any atom is -0.351 e. The molecule has 11 heteroatoms. The SMILES string of the molecule is CC(C)(C)NC(=O)C1CCN([C@H]2C[C@H]3CC[C@@H](C2)N3c2nc(C(F)(F)F)no2)CC1.Cl. The van der Waals surface area contributed by atoms with Crippen LogP contribution in [0.3, 0.4) is 0 Å². The topological polar surface area (TPSA) is 74.5 Å². The Morgan fingerprint density at radius 1 is 1.03 bits per heavy atom. The molecule has 3 aliphatic rings. The summed E-state index contributed by atoms with van der Waals surface area (Å²) in [6.07, 6.45) is 0.692. The monoisotopic (exact) mass is 465 g/mol. The molecule has 31 heavy (non-hydrogen) atoms. The average Bonchev–Trinajstić information content (AvgIpc) is 3.22. The zero-order chi connectivity index (χ0) is 21.7. The molecule has 3 atom stereocenters. The molecule has 176 valence electrons. The summed E-state index contributed by atoms with van der Waals surface area (Å²) < 4.78 is 43.4. The van der Waals surface area contributed by atoms with Gasteiger partial charge in [0.1, 0.15) is 0 Å². The predicted molar refractivity (Wildman–Crippen MR) is 111 cm³/mol. The van der Waals surface area contributed by atoms with Crippen molar-refractivity contribution < 1.29 is 22.5 Å². The van der Waals surface area contributed by atoms with Gasteiger partial charge in [-0.05, 0) is 77.5 Å². The molecular weight excluding hydrogens is 435 g/mol. The fourth-order valence-corrected chi connectivity index (χ4v) is 5.19. The lowest BCUT2D eigenvalue weighted by molar-refractivity contribution is -0.146. The maximum atomic E-state index is 12.8. The van der Waals surface area contributed by atoms with Crippen molar-refractivity contribution in [2.75, 3.05) is 18.0 Å². The number of carbonyl (C=O) groups is 1. The number of rotatable bonds is 3. The summed E-state index contributed by atoms with van der Waals surface area (Å²) in [6, 6.07) is 0.621. The molecular formula is C20H31ClF3N5O2. The van der Waals surface area contributed by atoms with Gasteiger partial charge in [-0.1, -0.05) is 0 Å². The van der Waals surface area contributed by atoms with Gasteiger partial charge in [-0.15, -0.1) is 12.4 Å². The van der Waals surface area contributed by atoms with Crippen LogP contribution in [-0.4, -0.2) is 57.7 Å². The van der Waals surface area contributed by atoms with Gasteiger partial charge in [0.05, 0.1) is 0 Å². The molecule has 4 rings (SSSR count). The van der Waals surface area contributed by atoms with Gasteiger partial charge in [0.25, 0.3) is 5.82 Å². The van der Waals surface area contributed by atoms with Crippen molar-refractivity contribution in [2.24, 2.45) is 5.92 Å². The Balaban J connectivity index is 0.00000272. The number of fused-ring (bicyclic) bond motifs is 2. The molecule has 0 aromatic carbocycles. The first-order chi connectivity index (χ1) is 14.0. The Kier molecular flexibility index (Phi) is 6.82. The standard InChI is InChI=1S/C20H30F3N5O2.ClH/c1-19(2,3)25-16(29)12-6-8-27(9-7-12)15-10-13-4-5-14(11-15)28(13)18-24-17(26-30-18)20(21,22)23;/h12-15H,4-11H2,1-3H3,(H,25,29);1H/t13-,14+,15+;. The van der Waals surface area contributed by atoms with Gasteiger partial charge < -0.3 is 19.6 Å². The van der Waals surface area contributed by atoms with Crippen molar-refractivity contribution in [3.05, 3.63) is 5.82 Å². The van der Waals surface area contributed by atoms with Crippen molar-refractivity contribution in [2.45, 2.75) is 89.1 Å². The Hall–Kier alpha value is -1.55. The molecule has 0 radical (unpaired) electrons. The van der Waals surface area contributed by atoms with E-state index < -0.39 is 12.0 Å². The van der Waals surface area contributed by atoms with E-state index in [4.69, 9.17) is 4.52 Å². The van der Waals surface area contributed by atoms with E-state index in [1.807, 2.05) is 25.7 Å². The van der Waals surface area contributed by atoms with E-state index in [9.17, 15) is 18.0 Å². The second-order valence-corrected chi connectivity index (χ2v) is 9.87. The molecule has 3 aliphatic heterocycles. The van der Waals surface area contributed by atoms with Crippen LogP contribution in [0.2, 0.25) is 0 Å². The van der Waals surface area contributed by atoms with Gasteiger partial charge in [-0.3, -0.25) is 4.79 Å². The van der Waals surface area contributed by atoms with E-state index in [-0.39, 0.29) is 47.9 Å². The highest BCUT2D eigenvalue weighted by atomic mass is 35.5. The molecule has 4 heterocycles. The van der Waals surface area contributed by atoms with Gasteiger partial charge in [0.2, 0.25) is 5.91 Å². The van der Waals surface area contributed by atoms with E-state index in [0.717, 1.165) is 51.6 Å². The minimum absolute atomic E-state index is 0. The lowest BCUT2D eigenvalue weighted by atomic mass is 9.90. The van der Waals surface area contributed by atoms with Crippen molar-refractivity contribution in [1.82, 2.24) is 20.4 Å². The third kappa shape index (κ3) is 5.27. The van der Waals surface area contributed by atoms with Gasteiger partial charge in [-0.2, -0.15) is 18.2 Å². The Bertz CT molecular complexity index is 760. The van der Waals surface area contributed by atoms with Crippen LogP contribution in [-0.2, 0) is 11.0 Å². The zero-order valence-corrected chi connectivity index (χ0v) is 18.9. The Morgan fingerprint density at radius 2 is 1.61 bits per heavy atom. The molecule has 0 saturated carbocycles. The number of alkyl halides is 3. The quantitative estimate of drug-likeness (QED) is 0.734. The van der Waals surface area contributed by atoms with Crippen molar-refractivity contribution >= 4 is 24.3 Å². The van der Waals surface area contributed by atoms with E-state index in [2.05, 4.69) is 20.4 Å². The van der Waals surface area contributed by atoms with Crippen molar-refractivity contribution in [1.29, 1.82) is 0 Å². The molecule has 3 saturated heterocycles. The van der Waals surface area contributed by atoms with Crippen LogP contribution < -0.4 is 10.2 Å². The molecule has 0 spiro atoms. The number of hydrogen-bond acceptors (Lipinski definition) is 6. The highest BCUT2D eigenvalue weighted by Gasteiger charge is 2.46. The van der Waals surface area contributed by atoms with Crippen LogP contribution in [0.5, 0.6) is 0 Å². The number of likely N-dealkylation sites (tertiary alicyclic amines) is 1. The van der Waals surface area contributed by atoms with Crippen molar-refractivity contribution in [3.8, 4) is 0 Å². The summed E-state index contributed by atoms with van der Waals surface area (Å²) in [5.41, 5.74) is -0.221. The van der Waals surface area contributed by atoms with Gasteiger partial charge >= 0.3 is 12.2 Å². The maximum Gasteiger partial charge on any atom is 0.455 e. The fraction of sp³-hybridized carbons (Fsp3) is 0.850. The minimum atomic E-state index is -4.59. The van der Waals surface area contributed by atoms with Crippen LogP contribution in [0.1, 0.15) is 65.1 Å². The van der Waals surface area contributed by atoms with E-state index in [1.165, 1.54) is 0 Å². The number of nitrogens with one attached hydrogen (secondary N) is 1. The smallest absolute Gasteiger partial charge is 0.351 e. The largest absolute Gasteiger partial charge is 0.455 e. The second kappa shape index (κ2) is 8.77. The molecule has 7 nitrogen and oxygen atoms in total. The highest BCUT2D eigenvalue weighted by molar-refractivity contribution is 5.85. The Morgan fingerprint density at radius 3 is 2.10 bits per heavy atom. The zero-order valence-electron chi connectivity index (χ0n) is 18.1. The van der Waals surface area contributed by atoms with Gasteiger partial charge in [0.15, 0.2) is 0 Å². The molecule has 0 unspecified atom stereocenters. The first-order valence-electron chi connectivity index (χ1n) is 10.8. The number of aromatic nitrogens is 2.